The van der Waals surface area contributed by atoms with E-state index in [0.29, 0.717) is 5.71 Å². The summed E-state index contributed by atoms with van der Waals surface area (Å²) in [6.07, 6.45) is 1.73. The minimum absolute atomic E-state index is 0.0890. The van der Waals surface area contributed by atoms with E-state index in [-0.39, 0.29) is 11.5 Å². The highest BCUT2D eigenvalue weighted by Crippen LogP contribution is 2.22. The summed E-state index contributed by atoms with van der Waals surface area (Å²) >= 11 is 0. The lowest BCUT2D eigenvalue weighted by Gasteiger charge is -2.29. The van der Waals surface area contributed by atoms with Gasteiger partial charge in [0.15, 0.2) is 0 Å². The average molecular weight is 238 g/mol. The van der Waals surface area contributed by atoms with Crippen molar-refractivity contribution in [2.24, 2.45) is 5.92 Å². The molecule has 1 N–H and O–H groups in total. The summed E-state index contributed by atoms with van der Waals surface area (Å²) in [6.45, 7) is 1.85. The van der Waals surface area contributed by atoms with Crippen molar-refractivity contribution in [2.45, 2.75) is 12.8 Å². The summed E-state index contributed by atoms with van der Waals surface area (Å²) in [5, 5.41) is 8.02. The van der Waals surface area contributed by atoms with E-state index in [9.17, 15) is 8.78 Å². The van der Waals surface area contributed by atoms with Crippen LogP contribution in [0.3, 0.4) is 0 Å². The molecule has 1 aromatic carbocycles. The molecule has 0 amide bonds. The molecular weight excluding hydrogens is 222 g/mol. The van der Waals surface area contributed by atoms with Gasteiger partial charge in [-0.05, 0) is 45.1 Å². The van der Waals surface area contributed by atoms with Gasteiger partial charge in [-0.3, -0.25) is 0 Å². The SMILES string of the molecule is CN1CCC(C(=N)c2ccc(F)cc2F)CC1. The van der Waals surface area contributed by atoms with Crippen LogP contribution >= 0.6 is 0 Å². The molecule has 92 valence electrons. The fourth-order valence-electron chi connectivity index (χ4n) is 2.23. The third kappa shape index (κ3) is 2.69. The maximum Gasteiger partial charge on any atom is 0.135 e. The normalized spacial score (nSPS) is 18.3. The molecule has 17 heavy (non-hydrogen) atoms. The molecule has 1 fully saturated rings. The first-order valence-corrected chi connectivity index (χ1v) is 5.80. The summed E-state index contributed by atoms with van der Waals surface area (Å²) < 4.78 is 26.3. The number of benzene rings is 1. The summed E-state index contributed by atoms with van der Waals surface area (Å²) in [5.41, 5.74) is 0.538. The van der Waals surface area contributed by atoms with Crippen LogP contribution in [-0.4, -0.2) is 30.7 Å². The maximum atomic E-state index is 13.5. The van der Waals surface area contributed by atoms with Crippen LogP contribution < -0.4 is 0 Å². The zero-order chi connectivity index (χ0) is 12.4. The number of piperidine rings is 1. The van der Waals surface area contributed by atoms with Gasteiger partial charge in [0.25, 0.3) is 0 Å². The van der Waals surface area contributed by atoms with Gasteiger partial charge in [0.1, 0.15) is 11.6 Å². The van der Waals surface area contributed by atoms with E-state index in [1.165, 1.54) is 12.1 Å². The monoisotopic (exact) mass is 238 g/mol. The molecule has 0 saturated carbocycles. The zero-order valence-electron chi connectivity index (χ0n) is 9.84. The Bertz CT molecular complexity index is 423. The largest absolute Gasteiger partial charge is 0.306 e. The quantitative estimate of drug-likeness (QED) is 0.788. The third-order valence-electron chi connectivity index (χ3n) is 3.35. The Labute approximate surface area is 99.8 Å². The number of likely N-dealkylation sites (tertiary alicyclic amines) is 1. The molecule has 0 bridgehead atoms. The molecule has 0 unspecified atom stereocenters. The average Bonchev–Trinajstić information content (AvgIpc) is 2.29. The molecule has 1 saturated heterocycles. The van der Waals surface area contributed by atoms with Crippen LogP contribution in [-0.2, 0) is 0 Å². The standard InChI is InChI=1S/C13H16F2N2/c1-17-6-4-9(5-7-17)13(16)11-3-2-10(14)8-12(11)15/h2-3,8-9,16H,4-7H2,1H3. The lowest BCUT2D eigenvalue weighted by molar-refractivity contribution is 0.252. The van der Waals surface area contributed by atoms with Gasteiger partial charge < -0.3 is 10.3 Å². The lowest BCUT2D eigenvalue weighted by atomic mass is 9.88. The Morgan fingerprint density at radius 3 is 2.53 bits per heavy atom. The predicted molar refractivity (Wildman–Crippen MR) is 63.4 cm³/mol. The molecule has 0 spiro atoms. The highest BCUT2D eigenvalue weighted by molar-refractivity contribution is 6.00. The fourth-order valence-corrected chi connectivity index (χ4v) is 2.23. The molecular formula is C13H16F2N2. The molecule has 1 heterocycles. The number of nitrogens with one attached hydrogen (secondary N) is 1. The molecule has 0 aliphatic carbocycles. The number of rotatable bonds is 2. The fraction of sp³-hybridized carbons (Fsp3) is 0.462. The van der Waals surface area contributed by atoms with E-state index in [1.807, 2.05) is 7.05 Å². The predicted octanol–water partition coefficient (Wildman–Crippen LogP) is 2.67. The molecule has 1 aromatic rings. The van der Waals surface area contributed by atoms with Gasteiger partial charge in [0, 0.05) is 23.3 Å². The van der Waals surface area contributed by atoms with Crippen LogP contribution in [0.5, 0.6) is 0 Å². The van der Waals surface area contributed by atoms with Gasteiger partial charge >= 0.3 is 0 Å². The molecule has 0 atom stereocenters. The van der Waals surface area contributed by atoms with Crippen molar-refractivity contribution in [3.8, 4) is 0 Å². The van der Waals surface area contributed by atoms with Crippen molar-refractivity contribution in [3.05, 3.63) is 35.4 Å². The molecule has 2 nitrogen and oxygen atoms in total. The van der Waals surface area contributed by atoms with Crippen LogP contribution in [0.4, 0.5) is 8.78 Å². The second-order valence-corrected chi connectivity index (χ2v) is 4.62. The minimum Gasteiger partial charge on any atom is -0.306 e. The van der Waals surface area contributed by atoms with Crippen LogP contribution in [0.15, 0.2) is 18.2 Å². The van der Waals surface area contributed by atoms with E-state index in [1.54, 1.807) is 0 Å². The number of nitrogens with zero attached hydrogens (tertiary/aromatic N) is 1. The second kappa shape index (κ2) is 4.92. The summed E-state index contributed by atoms with van der Waals surface area (Å²) in [5.74, 6) is -1.14. The molecule has 0 aromatic heterocycles. The Morgan fingerprint density at radius 2 is 1.94 bits per heavy atom. The first-order chi connectivity index (χ1) is 8.08. The Kier molecular flexibility index (Phi) is 3.52. The van der Waals surface area contributed by atoms with Crippen molar-refractivity contribution < 1.29 is 8.78 Å². The summed E-state index contributed by atoms with van der Waals surface area (Å²) in [4.78, 5) is 2.20. The van der Waals surface area contributed by atoms with Gasteiger partial charge in [0.2, 0.25) is 0 Å². The van der Waals surface area contributed by atoms with Crippen LogP contribution in [0.25, 0.3) is 0 Å². The van der Waals surface area contributed by atoms with Crippen molar-refractivity contribution >= 4 is 5.71 Å². The van der Waals surface area contributed by atoms with Crippen molar-refractivity contribution in [3.63, 3.8) is 0 Å². The number of hydrogen-bond donors (Lipinski definition) is 1. The van der Waals surface area contributed by atoms with E-state index < -0.39 is 11.6 Å². The smallest absolute Gasteiger partial charge is 0.135 e. The highest BCUT2D eigenvalue weighted by Gasteiger charge is 2.23. The van der Waals surface area contributed by atoms with Gasteiger partial charge in [0.05, 0.1) is 0 Å². The van der Waals surface area contributed by atoms with Crippen molar-refractivity contribution in [1.29, 1.82) is 5.41 Å². The second-order valence-electron chi connectivity index (χ2n) is 4.62. The van der Waals surface area contributed by atoms with E-state index in [4.69, 9.17) is 5.41 Å². The Morgan fingerprint density at radius 1 is 1.29 bits per heavy atom. The lowest BCUT2D eigenvalue weighted by Crippen LogP contribution is -2.33. The number of hydrogen-bond acceptors (Lipinski definition) is 2. The Hall–Kier alpha value is -1.29. The van der Waals surface area contributed by atoms with Crippen molar-refractivity contribution in [1.82, 2.24) is 4.90 Å². The van der Waals surface area contributed by atoms with Gasteiger partial charge in [-0.1, -0.05) is 0 Å². The third-order valence-corrected chi connectivity index (χ3v) is 3.35. The Balaban J connectivity index is 2.14. The van der Waals surface area contributed by atoms with Crippen molar-refractivity contribution in [2.75, 3.05) is 20.1 Å². The summed E-state index contributed by atoms with van der Waals surface area (Å²) in [6, 6.07) is 3.42. The molecule has 1 aliphatic rings. The van der Waals surface area contributed by atoms with Gasteiger partial charge in [-0.15, -0.1) is 0 Å². The first-order valence-electron chi connectivity index (χ1n) is 5.80. The van der Waals surface area contributed by atoms with E-state index in [0.717, 1.165) is 32.0 Å². The van der Waals surface area contributed by atoms with Crippen LogP contribution in [0.2, 0.25) is 0 Å². The number of halogens is 2. The summed E-state index contributed by atoms with van der Waals surface area (Å²) in [7, 11) is 2.04. The molecule has 2 rings (SSSR count). The maximum absolute atomic E-state index is 13.5. The highest BCUT2D eigenvalue weighted by atomic mass is 19.1. The van der Waals surface area contributed by atoms with E-state index >= 15 is 0 Å². The topological polar surface area (TPSA) is 27.1 Å². The first kappa shape index (κ1) is 12.2. The van der Waals surface area contributed by atoms with Crippen LogP contribution in [0.1, 0.15) is 18.4 Å². The molecule has 1 aliphatic heterocycles. The van der Waals surface area contributed by atoms with Gasteiger partial charge in [-0.25, -0.2) is 8.78 Å². The van der Waals surface area contributed by atoms with Crippen LogP contribution in [0, 0.1) is 23.0 Å². The zero-order valence-corrected chi connectivity index (χ0v) is 9.84. The van der Waals surface area contributed by atoms with Gasteiger partial charge in [-0.2, -0.15) is 0 Å². The molecule has 0 radical (unpaired) electrons. The van der Waals surface area contributed by atoms with E-state index in [2.05, 4.69) is 4.90 Å². The molecule has 4 heteroatoms. The minimum atomic E-state index is -0.631.